The SMILES string of the molecule is COc1c(C)cc(CN(C)C(=O)C(C)NC(=O)c2ccoc2)cc1C. The van der Waals surface area contributed by atoms with Crippen molar-refractivity contribution in [1.82, 2.24) is 10.2 Å². The predicted molar refractivity (Wildman–Crippen MR) is 94.6 cm³/mol. The normalized spacial score (nSPS) is 11.7. The number of carbonyl (C=O) groups is 2. The van der Waals surface area contributed by atoms with Crippen LogP contribution < -0.4 is 10.1 Å². The molecule has 0 aliphatic rings. The average Bonchev–Trinajstić information content (AvgIpc) is 3.08. The van der Waals surface area contributed by atoms with Gasteiger partial charge in [-0.3, -0.25) is 9.59 Å². The fourth-order valence-corrected chi connectivity index (χ4v) is 2.87. The number of methoxy groups -OCH3 is 1. The zero-order valence-corrected chi connectivity index (χ0v) is 15.3. The second-order valence-electron chi connectivity index (χ2n) is 6.16. The molecule has 0 spiro atoms. The molecule has 2 aromatic rings. The fourth-order valence-electron chi connectivity index (χ4n) is 2.87. The van der Waals surface area contributed by atoms with E-state index in [2.05, 4.69) is 5.32 Å². The first-order chi connectivity index (χ1) is 11.8. The van der Waals surface area contributed by atoms with Crippen molar-refractivity contribution in [2.45, 2.75) is 33.4 Å². The van der Waals surface area contributed by atoms with Crippen LogP contribution in [-0.4, -0.2) is 36.9 Å². The largest absolute Gasteiger partial charge is 0.496 e. The quantitative estimate of drug-likeness (QED) is 0.874. The Balaban J connectivity index is 2.01. The molecule has 0 radical (unpaired) electrons. The maximum absolute atomic E-state index is 12.5. The van der Waals surface area contributed by atoms with Gasteiger partial charge in [0, 0.05) is 13.6 Å². The van der Waals surface area contributed by atoms with E-state index in [0.29, 0.717) is 12.1 Å². The van der Waals surface area contributed by atoms with Gasteiger partial charge in [-0.1, -0.05) is 12.1 Å². The molecule has 2 amide bonds. The molecule has 134 valence electrons. The lowest BCUT2D eigenvalue weighted by atomic mass is 10.1. The van der Waals surface area contributed by atoms with Crippen molar-refractivity contribution in [1.29, 1.82) is 0 Å². The molecule has 0 saturated heterocycles. The highest BCUT2D eigenvalue weighted by Gasteiger charge is 2.21. The lowest BCUT2D eigenvalue weighted by Gasteiger charge is -2.23. The average molecular weight is 344 g/mol. The van der Waals surface area contributed by atoms with E-state index in [1.165, 1.54) is 12.5 Å². The molecular formula is C19H24N2O4. The molecule has 0 saturated carbocycles. The summed E-state index contributed by atoms with van der Waals surface area (Å²) in [5, 5.41) is 2.68. The summed E-state index contributed by atoms with van der Waals surface area (Å²) in [4.78, 5) is 26.1. The van der Waals surface area contributed by atoms with Gasteiger partial charge in [0.2, 0.25) is 5.91 Å². The van der Waals surface area contributed by atoms with Gasteiger partial charge in [0.25, 0.3) is 5.91 Å². The molecule has 6 heteroatoms. The third kappa shape index (κ3) is 4.41. The third-order valence-corrected chi connectivity index (χ3v) is 4.02. The molecule has 1 N–H and O–H groups in total. The number of hydrogen-bond acceptors (Lipinski definition) is 4. The molecule has 1 aromatic heterocycles. The number of amides is 2. The first-order valence-electron chi connectivity index (χ1n) is 8.05. The lowest BCUT2D eigenvalue weighted by Crippen LogP contribution is -2.45. The van der Waals surface area contributed by atoms with E-state index in [1.807, 2.05) is 26.0 Å². The zero-order valence-electron chi connectivity index (χ0n) is 15.3. The van der Waals surface area contributed by atoms with Crippen molar-refractivity contribution >= 4 is 11.8 Å². The number of aryl methyl sites for hydroxylation is 2. The van der Waals surface area contributed by atoms with Gasteiger partial charge in [0.1, 0.15) is 18.1 Å². The maximum atomic E-state index is 12.5. The van der Waals surface area contributed by atoms with Gasteiger partial charge in [-0.15, -0.1) is 0 Å². The molecule has 2 rings (SSSR count). The highest BCUT2D eigenvalue weighted by Crippen LogP contribution is 2.24. The van der Waals surface area contributed by atoms with Crippen LogP contribution in [0.15, 0.2) is 35.1 Å². The smallest absolute Gasteiger partial charge is 0.255 e. The number of furan rings is 1. The molecule has 1 aromatic carbocycles. The van der Waals surface area contributed by atoms with Crippen molar-refractivity contribution in [3.8, 4) is 5.75 Å². The Bertz CT molecular complexity index is 730. The number of ether oxygens (including phenoxy) is 1. The Labute approximate surface area is 147 Å². The fraction of sp³-hybridized carbons (Fsp3) is 0.368. The zero-order chi connectivity index (χ0) is 18.6. The highest BCUT2D eigenvalue weighted by molar-refractivity contribution is 5.97. The van der Waals surface area contributed by atoms with Crippen LogP contribution >= 0.6 is 0 Å². The van der Waals surface area contributed by atoms with E-state index < -0.39 is 6.04 Å². The van der Waals surface area contributed by atoms with Crippen molar-refractivity contribution in [3.63, 3.8) is 0 Å². The van der Waals surface area contributed by atoms with Crippen molar-refractivity contribution < 1.29 is 18.7 Å². The van der Waals surface area contributed by atoms with Crippen molar-refractivity contribution in [2.75, 3.05) is 14.2 Å². The Morgan fingerprint density at radius 1 is 1.28 bits per heavy atom. The molecule has 0 aliphatic heterocycles. The Kier molecular flexibility index (Phi) is 5.85. The minimum absolute atomic E-state index is 0.164. The lowest BCUT2D eigenvalue weighted by molar-refractivity contribution is -0.132. The first kappa shape index (κ1) is 18.6. The second-order valence-corrected chi connectivity index (χ2v) is 6.16. The van der Waals surface area contributed by atoms with E-state index in [4.69, 9.17) is 9.15 Å². The van der Waals surface area contributed by atoms with Gasteiger partial charge in [0.15, 0.2) is 0 Å². The van der Waals surface area contributed by atoms with Crippen LogP contribution in [0, 0.1) is 13.8 Å². The number of hydrogen-bond donors (Lipinski definition) is 1. The van der Waals surface area contributed by atoms with Crippen LogP contribution in [0.3, 0.4) is 0 Å². The third-order valence-electron chi connectivity index (χ3n) is 4.02. The summed E-state index contributed by atoms with van der Waals surface area (Å²) >= 11 is 0. The minimum Gasteiger partial charge on any atom is -0.496 e. The molecule has 1 heterocycles. The van der Waals surface area contributed by atoms with Crippen LogP contribution in [-0.2, 0) is 11.3 Å². The van der Waals surface area contributed by atoms with Gasteiger partial charge in [0.05, 0.1) is 18.9 Å². The standard InChI is InChI=1S/C19H24N2O4/c1-12-8-15(9-13(2)17(12)24-5)10-21(4)19(23)14(3)20-18(22)16-6-7-25-11-16/h6-9,11,14H,10H2,1-5H3,(H,20,22). The summed E-state index contributed by atoms with van der Waals surface area (Å²) in [6, 6.07) is 4.93. The number of likely N-dealkylation sites (N-methyl/N-ethyl adjacent to an activating group) is 1. The van der Waals surface area contributed by atoms with Crippen molar-refractivity contribution in [3.05, 3.63) is 53.0 Å². The molecular weight excluding hydrogens is 320 g/mol. The van der Waals surface area contributed by atoms with Crippen LogP contribution in [0.2, 0.25) is 0 Å². The molecule has 1 unspecified atom stereocenters. The maximum Gasteiger partial charge on any atom is 0.255 e. The summed E-state index contributed by atoms with van der Waals surface area (Å²) in [7, 11) is 3.37. The number of carbonyl (C=O) groups excluding carboxylic acids is 2. The molecule has 0 aliphatic carbocycles. The molecule has 0 fully saturated rings. The van der Waals surface area contributed by atoms with Crippen molar-refractivity contribution in [2.24, 2.45) is 0 Å². The summed E-state index contributed by atoms with van der Waals surface area (Å²) in [5.41, 5.74) is 3.46. The number of rotatable bonds is 6. The summed E-state index contributed by atoms with van der Waals surface area (Å²) < 4.78 is 10.2. The second kappa shape index (κ2) is 7.88. The van der Waals surface area contributed by atoms with Crippen LogP contribution in [0.1, 0.15) is 34.0 Å². The van der Waals surface area contributed by atoms with Crippen LogP contribution in [0.25, 0.3) is 0 Å². The topological polar surface area (TPSA) is 71.8 Å². The van der Waals surface area contributed by atoms with Gasteiger partial charge >= 0.3 is 0 Å². The predicted octanol–water partition coefficient (Wildman–Crippen LogP) is 2.68. The summed E-state index contributed by atoms with van der Waals surface area (Å²) in [6.07, 6.45) is 2.76. The number of nitrogens with one attached hydrogen (secondary N) is 1. The number of nitrogens with zero attached hydrogens (tertiary/aromatic N) is 1. The van der Waals surface area contributed by atoms with Gasteiger partial charge in [-0.25, -0.2) is 0 Å². The molecule has 25 heavy (non-hydrogen) atoms. The first-order valence-corrected chi connectivity index (χ1v) is 8.05. The molecule has 1 atom stereocenters. The van der Waals surface area contributed by atoms with Gasteiger partial charge < -0.3 is 19.4 Å². The molecule has 6 nitrogen and oxygen atoms in total. The summed E-state index contributed by atoms with van der Waals surface area (Å²) in [6.45, 7) is 6.08. The van der Waals surface area contributed by atoms with Crippen LogP contribution in [0.4, 0.5) is 0 Å². The summed E-state index contributed by atoms with van der Waals surface area (Å²) in [5.74, 6) is 0.362. The Morgan fingerprint density at radius 2 is 1.92 bits per heavy atom. The van der Waals surface area contributed by atoms with Gasteiger partial charge in [-0.2, -0.15) is 0 Å². The minimum atomic E-state index is -0.632. The number of benzene rings is 1. The van der Waals surface area contributed by atoms with Crippen LogP contribution in [0.5, 0.6) is 5.75 Å². The van der Waals surface area contributed by atoms with E-state index in [1.54, 1.807) is 32.0 Å². The Morgan fingerprint density at radius 3 is 2.44 bits per heavy atom. The monoisotopic (exact) mass is 344 g/mol. The van der Waals surface area contributed by atoms with Gasteiger partial charge in [-0.05, 0) is 43.5 Å². The van der Waals surface area contributed by atoms with E-state index in [0.717, 1.165) is 22.4 Å². The van der Waals surface area contributed by atoms with E-state index in [9.17, 15) is 9.59 Å². The van der Waals surface area contributed by atoms with E-state index in [-0.39, 0.29) is 11.8 Å². The molecule has 0 bridgehead atoms. The highest BCUT2D eigenvalue weighted by atomic mass is 16.5. The van der Waals surface area contributed by atoms with E-state index >= 15 is 0 Å². The Hall–Kier alpha value is -2.76.